The Balaban J connectivity index is 5.11. The van der Waals surface area contributed by atoms with Crippen molar-refractivity contribution in [2.45, 2.75) is 13.8 Å². The fourth-order valence-electron chi connectivity index (χ4n) is 0.791. The molecule has 0 aliphatic rings. The Morgan fingerprint density at radius 2 is 2.07 bits per heavy atom. The first-order valence-electron chi connectivity index (χ1n) is 3.99. The summed E-state index contributed by atoms with van der Waals surface area (Å²) in [4.78, 5) is 15.0. The van der Waals surface area contributed by atoms with Crippen molar-refractivity contribution in [1.29, 1.82) is 5.41 Å². The van der Waals surface area contributed by atoms with Gasteiger partial charge >= 0.3 is 5.97 Å². The molecule has 14 heavy (non-hydrogen) atoms. The van der Waals surface area contributed by atoms with E-state index < -0.39 is 5.97 Å². The van der Waals surface area contributed by atoms with E-state index in [0.29, 0.717) is 6.54 Å². The van der Waals surface area contributed by atoms with E-state index in [4.69, 9.17) is 10.6 Å². The lowest BCUT2D eigenvalue weighted by Crippen LogP contribution is -2.30. The maximum atomic E-state index is 11.2. The summed E-state index contributed by atoms with van der Waals surface area (Å²) >= 11 is 0. The fourth-order valence-corrected chi connectivity index (χ4v) is 0.791. The predicted molar refractivity (Wildman–Crippen MR) is 52.6 cm³/mol. The molecule has 0 spiro atoms. The SMILES string of the molecule is CCN=C(C(=O)OC)/C(=N\O)C(C)=N. The molecule has 0 bridgehead atoms. The average Bonchev–Trinajstić information content (AvgIpc) is 2.16. The summed E-state index contributed by atoms with van der Waals surface area (Å²) in [6, 6.07) is 0. The molecule has 0 aromatic heterocycles. The van der Waals surface area contributed by atoms with E-state index in [0.717, 1.165) is 0 Å². The minimum atomic E-state index is -0.716. The van der Waals surface area contributed by atoms with Gasteiger partial charge in [-0.1, -0.05) is 5.16 Å². The van der Waals surface area contributed by atoms with Crippen molar-refractivity contribution >= 4 is 23.1 Å². The third kappa shape index (κ3) is 2.96. The van der Waals surface area contributed by atoms with Crippen LogP contribution in [0.3, 0.4) is 0 Å². The van der Waals surface area contributed by atoms with Crippen molar-refractivity contribution in [3.8, 4) is 0 Å². The van der Waals surface area contributed by atoms with Crippen LogP contribution < -0.4 is 0 Å². The van der Waals surface area contributed by atoms with E-state index in [-0.39, 0.29) is 17.1 Å². The number of nitrogens with zero attached hydrogens (tertiary/aromatic N) is 2. The van der Waals surface area contributed by atoms with Gasteiger partial charge in [0.1, 0.15) is 0 Å². The fraction of sp³-hybridized carbons (Fsp3) is 0.500. The Hall–Kier alpha value is -1.72. The van der Waals surface area contributed by atoms with Crippen LogP contribution in [0.15, 0.2) is 10.1 Å². The molecule has 0 aliphatic heterocycles. The van der Waals surface area contributed by atoms with Crippen LogP contribution in [0, 0.1) is 5.41 Å². The zero-order chi connectivity index (χ0) is 11.1. The number of aliphatic imine (C=N–C) groups is 1. The lowest BCUT2D eigenvalue weighted by Gasteiger charge is -2.04. The number of methoxy groups -OCH3 is 1. The van der Waals surface area contributed by atoms with Crippen molar-refractivity contribution in [3.63, 3.8) is 0 Å². The van der Waals surface area contributed by atoms with Gasteiger partial charge in [0, 0.05) is 6.54 Å². The van der Waals surface area contributed by atoms with Crippen LogP contribution in [0.5, 0.6) is 0 Å². The van der Waals surface area contributed by atoms with Crippen molar-refractivity contribution < 1.29 is 14.7 Å². The number of oxime groups is 1. The topological polar surface area (TPSA) is 95.1 Å². The van der Waals surface area contributed by atoms with Gasteiger partial charge in [0.2, 0.25) is 0 Å². The first-order chi connectivity index (χ1) is 6.58. The molecule has 0 rings (SSSR count). The molecular formula is C8H13N3O3. The Kier molecular flexibility index (Phi) is 5.13. The average molecular weight is 199 g/mol. The largest absolute Gasteiger partial charge is 0.464 e. The molecule has 2 N–H and O–H groups in total. The maximum Gasteiger partial charge on any atom is 0.358 e. The molecule has 0 unspecified atom stereocenters. The van der Waals surface area contributed by atoms with Crippen LogP contribution in [0.2, 0.25) is 0 Å². The maximum absolute atomic E-state index is 11.2. The number of nitrogens with one attached hydrogen (secondary N) is 1. The zero-order valence-corrected chi connectivity index (χ0v) is 8.37. The smallest absolute Gasteiger partial charge is 0.358 e. The molecule has 6 heteroatoms. The predicted octanol–water partition coefficient (Wildman–Crippen LogP) is 0.490. The molecule has 0 aromatic carbocycles. The van der Waals surface area contributed by atoms with Crippen LogP contribution in [0.1, 0.15) is 13.8 Å². The quantitative estimate of drug-likeness (QED) is 0.298. The summed E-state index contributed by atoms with van der Waals surface area (Å²) in [6.07, 6.45) is 0. The van der Waals surface area contributed by atoms with Gasteiger partial charge in [-0.15, -0.1) is 0 Å². The summed E-state index contributed by atoms with van der Waals surface area (Å²) < 4.78 is 4.44. The van der Waals surface area contributed by atoms with E-state index in [1.165, 1.54) is 14.0 Å². The van der Waals surface area contributed by atoms with Crippen LogP contribution in [-0.2, 0) is 9.53 Å². The van der Waals surface area contributed by atoms with Gasteiger partial charge in [0.15, 0.2) is 11.4 Å². The van der Waals surface area contributed by atoms with Gasteiger partial charge in [-0.2, -0.15) is 0 Å². The molecule has 78 valence electrons. The van der Waals surface area contributed by atoms with E-state index in [1.54, 1.807) is 6.92 Å². The lowest BCUT2D eigenvalue weighted by atomic mass is 10.1. The Morgan fingerprint density at radius 1 is 1.50 bits per heavy atom. The van der Waals surface area contributed by atoms with Gasteiger partial charge in [-0.25, -0.2) is 4.79 Å². The highest BCUT2D eigenvalue weighted by Gasteiger charge is 2.20. The third-order valence-corrected chi connectivity index (χ3v) is 1.37. The zero-order valence-electron chi connectivity index (χ0n) is 8.37. The van der Waals surface area contributed by atoms with Crippen LogP contribution in [-0.4, -0.2) is 42.0 Å². The Labute approximate surface area is 81.8 Å². The highest BCUT2D eigenvalue weighted by Crippen LogP contribution is 1.92. The number of hydrogen-bond donors (Lipinski definition) is 2. The van der Waals surface area contributed by atoms with Gasteiger partial charge < -0.3 is 15.4 Å². The molecule has 0 heterocycles. The van der Waals surface area contributed by atoms with Crippen molar-refractivity contribution in [2.75, 3.05) is 13.7 Å². The summed E-state index contributed by atoms with van der Waals surface area (Å²) in [5.41, 5.74) is -0.353. The molecule has 0 fully saturated rings. The first kappa shape index (κ1) is 12.3. The molecule has 0 radical (unpaired) electrons. The molecule has 0 amide bonds. The van der Waals surface area contributed by atoms with Crippen molar-refractivity contribution in [2.24, 2.45) is 10.1 Å². The number of hydrogen-bond acceptors (Lipinski definition) is 6. The van der Waals surface area contributed by atoms with Crippen molar-refractivity contribution in [1.82, 2.24) is 0 Å². The number of rotatable bonds is 4. The molecule has 0 saturated carbocycles. The van der Waals surface area contributed by atoms with Crippen LogP contribution in [0.4, 0.5) is 0 Å². The van der Waals surface area contributed by atoms with Crippen molar-refractivity contribution in [3.05, 3.63) is 0 Å². The molecule has 0 saturated heterocycles. The number of esters is 1. The summed E-state index contributed by atoms with van der Waals surface area (Å²) in [5.74, 6) is -0.716. The van der Waals surface area contributed by atoms with E-state index in [9.17, 15) is 4.79 Å². The van der Waals surface area contributed by atoms with Gasteiger partial charge in [0.05, 0.1) is 12.8 Å². The molecule has 0 aliphatic carbocycles. The first-order valence-corrected chi connectivity index (χ1v) is 3.99. The van der Waals surface area contributed by atoms with E-state index in [2.05, 4.69) is 14.9 Å². The van der Waals surface area contributed by atoms with Crippen LogP contribution in [0.25, 0.3) is 0 Å². The highest BCUT2D eigenvalue weighted by atomic mass is 16.5. The minimum absolute atomic E-state index is 0.0508. The molecule has 0 atom stereocenters. The standard InChI is InChI=1S/C8H13N3O3/c1-4-10-7(8(12)14-3)6(11-13)5(2)9/h9,13H,4H2,1-3H3/b9-5?,10-7?,11-6-. The van der Waals surface area contributed by atoms with E-state index in [1.807, 2.05) is 0 Å². The molecular weight excluding hydrogens is 186 g/mol. The van der Waals surface area contributed by atoms with Crippen LogP contribution >= 0.6 is 0 Å². The lowest BCUT2D eigenvalue weighted by molar-refractivity contribution is -0.132. The molecule has 6 nitrogen and oxygen atoms in total. The Bertz CT molecular complexity index is 294. The monoisotopic (exact) mass is 199 g/mol. The van der Waals surface area contributed by atoms with Gasteiger partial charge in [-0.05, 0) is 13.8 Å². The second-order valence-electron chi connectivity index (χ2n) is 2.39. The van der Waals surface area contributed by atoms with Gasteiger partial charge in [-0.3, -0.25) is 4.99 Å². The number of carbonyl (C=O) groups excluding carboxylic acids is 1. The second kappa shape index (κ2) is 5.85. The summed E-state index contributed by atoms with van der Waals surface area (Å²) in [6.45, 7) is 3.46. The van der Waals surface area contributed by atoms with Gasteiger partial charge in [0.25, 0.3) is 0 Å². The molecule has 0 aromatic rings. The minimum Gasteiger partial charge on any atom is -0.464 e. The normalized spacial score (nSPS) is 12.5. The summed E-state index contributed by atoms with van der Waals surface area (Å²) in [7, 11) is 1.20. The van der Waals surface area contributed by atoms with E-state index >= 15 is 0 Å². The third-order valence-electron chi connectivity index (χ3n) is 1.37. The number of carbonyl (C=O) groups is 1. The Morgan fingerprint density at radius 3 is 2.36 bits per heavy atom. The number of ether oxygens (including phenoxy) is 1. The summed E-state index contributed by atoms with van der Waals surface area (Å²) in [5, 5.41) is 18.7. The highest BCUT2D eigenvalue weighted by molar-refractivity contribution is 6.80. The second-order valence-corrected chi connectivity index (χ2v) is 2.39.